The van der Waals surface area contributed by atoms with Crippen molar-refractivity contribution in [3.05, 3.63) is 29.8 Å². The van der Waals surface area contributed by atoms with E-state index in [0.29, 0.717) is 0 Å². The van der Waals surface area contributed by atoms with Gasteiger partial charge in [-0.3, -0.25) is 0 Å². The number of rotatable bonds is 2. The largest absolute Gasteiger partial charge is 0.0715 e. The van der Waals surface area contributed by atoms with E-state index < -0.39 is 0 Å². The lowest BCUT2D eigenvalue weighted by atomic mass is 10.2. The minimum absolute atomic E-state index is 1.02. The zero-order chi connectivity index (χ0) is 7.40. The summed E-state index contributed by atoms with van der Waals surface area (Å²) in [5.74, 6) is 0. The summed E-state index contributed by atoms with van der Waals surface area (Å²) < 4.78 is 0. The SMILES string of the molecule is [Si]CCc1ccccc1[Si]. The van der Waals surface area contributed by atoms with Crippen LogP contribution in [0.15, 0.2) is 24.3 Å². The molecule has 0 aromatic heterocycles. The van der Waals surface area contributed by atoms with Crippen LogP contribution in [-0.4, -0.2) is 20.5 Å². The van der Waals surface area contributed by atoms with Crippen molar-refractivity contribution in [1.29, 1.82) is 0 Å². The summed E-state index contributed by atoms with van der Waals surface area (Å²) in [6.07, 6.45) is 1.08. The van der Waals surface area contributed by atoms with Crippen LogP contribution in [0.3, 0.4) is 0 Å². The lowest BCUT2D eigenvalue weighted by molar-refractivity contribution is 1.15. The minimum Gasteiger partial charge on any atom is -0.0642 e. The molecule has 6 radical (unpaired) electrons. The maximum Gasteiger partial charge on any atom is 0.0715 e. The van der Waals surface area contributed by atoms with Gasteiger partial charge in [-0.05, 0) is 12.0 Å². The average molecular weight is 160 g/mol. The van der Waals surface area contributed by atoms with Gasteiger partial charge < -0.3 is 0 Å². The topological polar surface area (TPSA) is 0 Å². The molecule has 0 unspecified atom stereocenters. The summed E-state index contributed by atoms with van der Waals surface area (Å²) in [7, 11) is 6.97. The van der Waals surface area contributed by atoms with E-state index in [-0.39, 0.29) is 0 Å². The number of hydrogen-bond donors (Lipinski definition) is 0. The van der Waals surface area contributed by atoms with Gasteiger partial charge in [-0.15, -0.1) is 0 Å². The second-order valence-corrected chi connectivity index (χ2v) is 3.20. The Bertz CT molecular complexity index is 208. The summed E-state index contributed by atoms with van der Waals surface area (Å²) in [5.41, 5.74) is 1.36. The summed E-state index contributed by atoms with van der Waals surface area (Å²) in [4.78, 5) is 0. The highest BCUT2D eigenvalue weighted by atomic mass is 28.1. The van der Waals surface area contributed by atoms with E-state index in [0.717, 1.165) is 12.5 Å². The highest BCUT2D eigenvalue weighted by Gasteiger charge is 1.92. The third-order valence-corrected chi connectivity index (χ3v) is 2.15. The molecule has 10 heavy (non-hydrogen) atoms. The fraction of sp³-hybridized carbons (Fsp3) is 0.250. The fourth-order valence-corrected chi connectivity index (χ4v) is 1.45. The van der Waals surface area contributed by atoms with Crippen LogP contribution >= 0.6 is 0 Å². The van der Waals surface area contributed by atoms with Crippen molar-refractivity contribution in [2.75, 3.05) is 0 Å². The Hall–Kier alpha value is -0.346. The Morgan fingerprint density at radius 2 is 1.90 bits per heavy atom. The highest BCUT2D eigenvalue weighted by molar-refractivity contribution is 6.33. The van der Waals surface area contributed by atoms with Gasteiger partial charge in [0, 0.05) is 10.2 Å². The van der Waals surface area contributed by atoms with E-state index in [2.05, 4.69) is 38.7 Å². The molecule has 0 N–H and O–H groups in total. The number of aryl methyl sites for hydroxylation is 1. The molecule has 1 rings (SSSR count). The summed E-state index contributed by atoms with van der Waals surface area (Å²) in [6, 6.07) is 9.29. The van der Waals surface area contributed by atoms with Crippen molar-refractivity contribution in [2.45, 2.75) is 12.5 Å². The van der Waals surface area contributed by atoms with E-state index in [4.69, 9.17) is 0 Å². The quantitative estimate of drug-likeness (QED) is 0.556. The molecule has 0 fully saturated rings. The van der Waals surface area contributed by atoms with Crippen molar-refractivity contribution in [2.24, 2.45) is 0 Å². The first-order valence-corrected chi connectivity index (χ1v) is 4.49. The van der Waals surface area contributed by atoms with Crippen molar-refractivity contribution < 1.29 is 0 Å². The molecule has 2 heteroatoms. The zero-order valence-electron chi connectivity index (χ0n) is 5.72. The second-order valence-electron chi connectivity index (χ2n) is 2.16. The van der Waals surface area contributed by atoms with Crippen molar-refractivity contribution >= 4 is 25.7 Å². The molecule has 0 saturated heterocycles. The molecule has 0 aliphatic heterocycles. The smallest absolute Gasteiger partial charge is 0.0642 e. The third-order valence-electron chi connectivity index (χ3n) is 1.41. The maximum atomic E-state index is 3.52. The molecular weight excluding hydrogens is 152 g/mol. The molecule has 0 aliphatic rings. The van der Waals surface area contributed by atoms with Crippen LogP contribution in [0.4, 0.5) is 0 Å². The van der Waals surface area contributed by atoms with E-state index in [9.17, 15) is 0 Å². The molecule has 0 aliphatic carbocycles. The van der Waals surface area contributed by atoms with Crippen LogP contribution in [0.2, 0.25) is 6.04 Å². The normalized spacial score (nSPS) is 9.80. The fourth-order valence-electron chi connectivity index (χ4n) is 0.873. The van der Waals surface area contributed by atoms with Gasteiger partial charge in [0.2, 0.25) is 0 Å². The molecule has 0 spiro atoms. The number of hydrogen-bond acceptors (Lipinski definition) is 0. The Morgan fingerprint density at radius 3 is 2.50 bits per heavy atom. The van der Waals surface area contributed by atoms with Gasteiger partial charge in [0.25, 0.3) is 0 Å². The molecular formula is C8H8Si2. The first-order chi connectivity index (χ1) is 4.84. The Labute approximate surface area is 68.5 Å². The van der Waals surface area contributed by atoms with E-state index >= 15 is 0 Å². The van der Waals surface area contributed by atoms with Gasteiger partial charge in [-0.25, -0.2) is 0 Å². The molecule has 1 aromatic rings. The Morgan fingerprint density at radius 1 is 1.20 bits per heavy atom. The van der Waals surface area contributed by atoms with Crippen LogP contribution in [0.25, 0.3) is 0 Å². The van der Waals surface area contributed by atoms with Gasteiger partial charge in [-0.1, -0.05) is 35.5 Å². The summed E-state index contributed by atoms with van der Waals surface area (Å²) in [6.45, 7) is 0. The van der Waals surface area contributed by atoms with Gasteiger partial charge in [-0.2, -0.15) is 0 Å². The summed E-state index contributed by atoms with van der Waals surface area (Å²) in [5, 5.41) is 1.20. The van der Waals surface area contributed by atoms with Gasteiger partial charge in [0.15, 0.2) is 0 Å². The van der Waals surface area contributed by atoms with Crippen LogP contribution in [0, 0.1) is 0 Å². The molecule has 0 heterocycles. The summed E-state index contributed by atoms with van der Waals surface area (Å²) >= 11 is 0. The van der Waals surface area contributed by atoms with Crippen LogP contribution in [0.5, 0.6) is 0 Å². The van der Waals surface area contributed by atoms with Crippen LogP contribution in [0.1, 0.15) is 5.56 Å². The van der Waals surface area contributed by atoms with E-state index in [1.54, 1.807) is 0 Å². The zero-order valence-corrected chi connectivity index (χ0v) is 7.72. The van der Waals surface area contributed by atoms with Crippen molar-refractivity contribution in [3.63, 3.8) is 0 Å². The number of benzene rings is 1. The Kier molecular flexibility index (Phi) is 2.90. The molecule has 0 bridgehead atoms. The van der Waals surface area contributed by atoms with Gasteiger partial charge in [0.05, 0.1) is 10.2 Å². The molecule has 0 nitrogen and oxygen atoms in total. The van der Waals surface area contributed by atoms with Gasteiger partial charge >= 0.3 is 0 Å². The monoisotopic (exact) mass is 160 g/mol. The average Bonchev–Trinajstić information content (AvgIpc) is 1.94. The molecule has 0 saturated carbocycles. The maximum absolute atomic E-state index is 3.52. The predicted molar refractivity (Wildman–Crippen MR) is 46.1 cm³/mol. The standard InChI is InChI=1S/C8H8Si2/c9-6-5-7-3-1-2-4-8(7)10/h1-4H,5-6H2. The lowest BCUT2D eigenvalue weighted by Crippen LogP contribution is -2.08. The van der Waals surface area contributed by atoms with Crippen LogP contribution < -0.4 is 5.19 Å². The Balaban J connectivity index is 2.81. The third kappa shape index (κ3) is 1.82. The first kappa shape index (κ1) is 7.76. The van der Waals surface area contributed by atoms with Crippen molar-refractivity contribution in [1.82, 2.24) is 0 Å². The van der Waals surface area contributed by atoms with Crippen molar-refractivity contribution in [3.8, 4) is 0 Å². The van der Waals surface area contributed by atoms with E-state index in [1.165, 1.54) is 10.8 Å². The predicted octanol–water partition coefficient (Wildman–Crippen LogP) is 0.610. The molecule has 0 amide bonds. The van der Waals surface area contributed by atoms with Crippen LogP contribution in [-0.2, 0) is 6.42 Å². The highest BCUT2D eigenvalue weighted by Crippen LogP contribution is 1.97. The minimum atomic E-state index is 1.02. The molecule has 48 valence electrons. The van der Waals surface area contributed by atoms with E-state index in [1.807, 2.05) is 6.07 Å². The molecule has 0 atom stereocenters. The lowest BCUT2D eigenvalue weighted by Gasteiger charge is -2.01. The first-order valence-electron chi connectivity index (χ1n) is 3.28. The molecule has 1 aromatic carbocycles. The van der Waals surface area contributed by atoms with Gasteiger partial charge in [0.1, 0.15) is 0 Å². The second kappa shape index (κ2) is 3.73.